The number of carbonyl (C=O) groups excluding carboxylic acids is 1. The highest BCUT2D eigenvalue weighted by molar-refractivity contribution is 7.87. The van der Waals surface area contributed by atoms with E-state index in [2.05, 4.69) is 11.9 Å². The molecule has 9 heteroatoms. The molecule has 0 N–H and O–H groups in total. The number of hydrogen-bond acceptors (Lipinski definition) is 8. The molecule has 0 aliphatic carbocycles. The van der Waals surface area contributed by atoms with Crippen molar-refractivity contribution < 1.29 is 31.6 Å². The van der Waals surface area contributed by atoms with Gasteiger partial charge in [-0.2, -0.15) is 8.42 Å². The van der Waals surface area contributed by atoms with Crippen LogP contribution in [-0.2, 0) is 19.6 Å². The summed E-state index contributed by atoms with van der Waals surface area (Å²) >= 11 is 0. The van der Waals surface area contributed by atoms with Crippen LogP contribution in [0.4, 0.5) is 0 Å². The Morgan fingerprint density at radius 2 is 1.68 bits per heavy atom. The van der Waals surface area contributed by atoms with E-state index in [9.17, 15) is 13.2 Å². The molecule has 0 unspecified atom stereocenters. The number of unbranched alkanes of at least 4 members (excludes halogenated alkanes) is 1. The molecule has 1 aliphatic rings. The molecule has 37 heavy (non-hydrogen) atoms. The molecular weight excluding hydrogens is 494 g/mol. The molecule has 8 nitrogen and oxygen atoms in total. The zero-order chi connectivity index (χ0) is 26.3. The zero-order valence-electron chi connectivity index (χ0n) is 20.5. The van der Waals surface area contributed by atoms with Gasteiger partial charge in [0.05, 0.1) is 13.2 Å². The minimum Gasteiger partial charge on any atom is -0.494 e. The van der Waals surface area contributed by atoms with E-state index < -0.39 is 16.1 Å². The Morgan fingerprint density at radius 1 is 0.919 bits per heavy atom. The summed E-state index contributed by atoms with van der Waals surface area (Å²) in [4.78, 5) is 16.8. The molecule has 0 spiro atoms. The highest BCUT2D eigenvalue weighted by Crippen LogP contribution is 2.32. The van der Waals surface area contributed by atoms with Gasteiger partial charge in [-0.25, -0.2) is 9.79 Å². The Hall–Kier alpha value is -4.11. The lowest BCUT2D eigenvalue weighted by atomic mass is 10.1. The predicted molar refractivity (Wildman–Crippen MR) is 139 cm³/mol. The van der Waals surface area contributed by atoms with Crippen molar-refractivity contribution in [1.82, 2.24) is 0 Å². The van der Waals surface area contributed by atoms with Gasteiger partial charge in [0.25, 0.3) is 0 Å². The van der Waals surface area contributed by atoms with Crippen LogP contribution < -0.4 is 13.7 Å². The molecule has 0 saturated heterocycles. The third-order valence-corrected chi connectivity index (χ3v) is 6.54. The van der Waals surface area contributed by atoms with Crippen molar-refractivity contribution in [2.45, 2.75) is 31.6 Å². The molecule has 0 radical (unpaired) electrons. The summed E-state index contributed by atoms with van der Waals surface area (Å²) in [6.07, 6.45) is 3.56. The molecular formula is C28H27NO7S. The van der Waals surface area contributed by atoms with Gasteiger partial charge in [-0.15, -0.1) is 0 Å². The van der Waals surface area contributed by atoms with Gasteiger partial charge in [0.1, 0.15) is 10.6 Å². The van der Waals surface area contributed by atoms with Crippen LogP contribution in [-0.4, -0.2) is 33.5 Å². The summed E-state index contributed by atoms with van der Waals surface area (Å²) in [6, 6.07) is 19.7. The monoisotopic (exact) mass is 521 g/mol. The largest absolute Gasteiger partial charge is 0.494 e. The first-order valence-corrected chi connectivity index (χ1v) is 13.3. The van der Waals surface area contributed by atoms with Crippen molar-refractivity contribution in [2.75, 3.05) is 13.2 Å². The van der Waals surface area contributed by atoms with Crippen LogP contribution >= 0.6 is 0 Å². The highest BCUT2D eigenvalue weighted by Gasteiger charge is 2.25. The first-order chi connectivity index (χ1) is 17.9. The normalized spacial score (nSPS) is 14.3. The number of esters is 1. The fraction of sp³-hybridized carbons (Fsp3) is 0.214. The number of cyclic esters (lactones) is 1. The Balaban J connectivity index is 1.54. The summed E-state index contributed by atoms with van der Waals surface area (Å²) in [6.45, 7) is 4.79. The molecule has 0 bridgehead atoms. The first kappa shape index (κ1) is 26.0. The van der Waals surface area contributed by atoms with Crippen LogP contribution in [0.5, 0.6) is 17.2 Å². The van der Waals surface area contributed by atoms with Gasteiger partial charge in [-0.3, -0.25) is 0 Å². The van der Waals surface area contributed by atoms with Crippen LogP contribution in [0.1, 0.15) is 37.8 Å². The molecule has 0 saturated carbocycles. The highest BCUT2D eigenvalue weighted by atomic mass is 32.2. The van der Waals surface area contributed by atoms with E-state index in [1.54, 1.807) is 61.5 Å². The van der Waals surface area contributed by atoms with E-state index in [-0.39, 0.29) is 34.6 Å². The van der Waals surface area contributed by atoms with Gasteiger partial charge >= 0.3 is 16.1 Å². The Kier molecular flexibility index (Phi) is 8.25. The third-order valence-electron chi connectivity index (χ3n) is 5.29. The quantitative estimate of drug-likeness (QED) is 0.145. The average molecular weight is 522 g/mol. The number of rotatable bonds is 11. The minimum atomic E-state index is -4.05. The van der Waals surface area contributed by atoms with E-state index in [1.807, 2.05) is 0 Å². The number of aliphatic imine (C=N–C) groups is 1. The average Bonchev–Trinajstić information content (AvgIpc) is 3.26. The summed E-state index contributed by atoms with van der Waals surface area (Å²) in [5.41, 5.74) is 1.31. The van der Waals surface area contributed by atoms with E-state index in [0.717, 1.165) is 18.6 Å². The lowest BCUT2D eigenvalue weighted by Crippen LogP contribution is -2.10. The minimum absolute atomic E-state index is 0.0276. The molecule has 0 aromatic heterocycles. The fourth-order valence-corrected chi connectivity index (χ4v) is 4.38. The van der Waals surface area contributed by atoms with Crippen LogP contribution in [0.2, 0.25) is 0 Å². The van der Waals surface area contributed by atoms with Gasteiger partial charge in [-0.1, -0.05) is 37.6 Å². The van der Waals surface area contributed by atoms with E-state index >= 15 is 0 Å². The molecule has 0 fully saturated rings. The van der Waals surface area contributed by atoms with Crippen molar-refractivity contribution in [1.29, 1.82) is 0 Å². The molecule has 0 atom stereocenters. The van der Waals surface area contributed by atoms with Crippen molar-refractivity contribution in [3.63, 3.8) is 0 Å². The van der Waals surface area contributed by atoms with E-state index in [0.29, 0.717) is 17.7 Å². The van der Waals surface area contributed by atoms with Gasteiger partial charge in [-0.05, 0) is 73.5 Å². The lowest BCUT2D eigenvalue weighted by molar-refractivity contribution is -0.129. The van der Waals surface area contributed by atoms with Crippen molar-refractivity contribution >= 4 is 28.1 Å². The second-order valence-corrected chi connectivity index (χ2v) is 9.60. The maximum Gasteiger partial charge on any atom is 0.363 e. The molecule has 0 amide bonds. The van der Waals surface area contributed by atoms with Crippen molar-refractivity contribution in [3.8, 4) is 17.2 Å². The molecule has 192 valence electrons. The van der Waals surface area contributed by atoms with Crippen LogP contribution in [0.25, 0.3) is 6.08 Å². The fourth-order valence-electron chi connectivity index (χ4n) is 3.42. The van der Waals surface area contributed by atoms with Gasteiger partial charge in [0.2, 0.25) is 5.90 Å². The maximum absolute atomic E-state index is 12.6. The Labute approximate surface area is 216 Å². The van der Waals surface area contributed by atoms with E-state index in [1.165, 1.54) is 24.3 Å². The summed E-state index contributed by atoms with van der Waals surface area (Å²) in [5, 5.41) is 0. The summed E-state index contributed by atoms with van der Waals surface area (Å²) < 4.78 is 47.2. The number of benzene rings is 3. The van der Waals surface area contributed by atoms with Crippen LogP contribution in [0, 0.1) is 0 Å². The predicted octanol–water partition coefficient (Wildman–Crippen LogP) is 5.38. The van der Waals surface area contributed by atoms with Crippen molar-refractivity contribution in [2.24, 2.45) is 4.99 Å². The van der Waals surface area contributed by atoms with Gasteiger partial charge in [0.15, 0.2) is 17.2 Å². The molecule has 3 aromatic rings. The first-order valence-electron chi connectivity index (χ1n) is 11.9. The Morgan fingerprint density at radius 3 is 2.38 bits per heavy atom. The second kappa shape index (κ2) is 11.7. The molecule has 3 aromatic carbocycles. The van der Waals surface area contributed by atoms with Gasteiger partial charge < -0.3 is 18.4 Å². The smallest absolute Gasteiger partial charge is 0.363 e. The standard InChI is InChI=1S/C28H27NO7S/c1-3-5-17-34-22-14-12-21(13-15-22)27-29-24(28(30)35-27)18-20-11-16-25(26(19-20)33-4-2)36-37(31,32)23-9-7-6-8-10-23/h6-16,18-19H,3-5,17H2,1-2H3/b24-18-. The topological polar surface area (TPSA) is 100 Å². The maximum atomic E-state index is 12.6. The van der Waals surface area contributed by atoms with Gasteiger partial charge in [0, 0.05) is 5.56 Å². The zero-order valence-corrected chi connectivity index (χ0v) is 21.4. The molecule has 1 heterocycles. The van der Waals surface area contributed by atoms with Crippen molar-refractivity contribution in [3.05, 3.63) is 89.6 Å². The SMILES string of the molecule is CCCCOc1ccc(C2=N/C(=C\c3ccc(OS(=O)(=O)c4ccccc4)c(OCC)c3)C(=O)O2)cc1. The second-order valence-electron chi connectivity index (χ2n) is 8.05. The lowest BCUT2D eigenvalue weighted by Gasteiger charge is -2.12. The van der Waals surface area contributed by atoms with E-state index in [4.69, 9.17) is 18.4 Å². The van der Waals surface area contributed by atoms with Crippen LogP contribution in [0.3, 0.4) is 0 Å². The number of nitrogens with zero attached hydrogens (tertiary/aromatic N) is 1. The number of hydrogen-bond donors (Lipinski definition) is 0. The van der Waals surface area contributed by atoms with Crippen LogP contribution in [0.15, 0.2) is 88.4 Å². The number of ether oxygens (including phenoxy) is 3. The summed E-state index contributed by atoms with van der Waals surface area (Å²) in [5.74, 6) is 0.578. The molecule has 1 aliphatic heterocycles. The Bertz CT molecular complexity index is 1410. The number of carbonyl (C=O) groups is 1. The molecule has 4 rings (SSSR count). The summed E-state index contributed by atoms with van der Waals surface area (Å²) in [7, 11) is -4.05. The third kappa shape index (κ3) is 6.56.